The Hall–Kier alpha value is -1.84. The van der Waals surface area contributed by atoms with Crippen molar-refractivity contribution in [2.45, 2.75) is 0 Å². The van der Waals surface area contributed by atoms with Crippen molar-refractivity contribution < 1.29 is 19.1 Å². The highest BCUT2D eigenvalue weighted by atomic mass is 16.5. The Bertz CT molecular complexity index is 315. The van der Waals surface area contributed by atoms with Crippen molar-refractivity contribution in [2.75, 3.05) is 13.7 Å². The van der Waals surface area contributed by atoms with E-state index in [4.69, 9.17) is 4.74 Å². The van der Waals surface area contributed by atoms with Gasteiger partial charge in [0.15, 0.2) is 6.29 Å². The molecule has 0 radical (unpaired) electrons. The molecule has 0 heterocycles. The molecular formula is C10H10O4. The van der Waals surface area contributed by atoms with Crippen LogP contribution in [-0.2, 0) is 9.53 Å². The molecule has 0 fully saturated rings. The molecule has 74 valence electrons. The molecule has 0 aliphatic heterocycles. The largest absolute Gasteiger partial charge is 0.486 e. The molecule has 0 N–H and O–H groups in total. The summed E-state index contributed by atoms with van der Waals surface area (Å²) in [6, 6.07) is 6.36. The van der Waals surface area contributed by atoms with Gasteiger partial charge in [-0.05, 0) is 24.3 Å². The van der Waals surface area contributed by atoms with Crippen LogP contribution in [0.5, 0.6) is 5.75 Å². The van der Waals surface area contributed by atoms with Gasteiger partial charge in [-0.3, -0.25) is 4.79 Å². The first-order valence-electron chi connectivity index (χ1n) is 4.02. The molecule has 1 rings (SSSR count). The molecule has 14 heavy (non-hydrogen) atoms. The predicted octanol–water partition coefficient (Wildman–Crippen LogP) is 1.05. The van der Waals surface area contributed by atoms with Crippen molar-refractivity contribution in [3.8, 4) is 5.75 Å². The molecule has 0 bridgehead atoms. The van der Waals surface area contributed by atoms with E-state index in [0.29, 0.717) is 17.6 Å². The zero-order valence-corrected chi connectivity index (χ0v) is 7.73. The Morgan fingerprint density at radius 2 is 2.00 bits per heavy atom. The van der Waals surface area contributed by atoms with Crippen LogP contribution in [0.15, 0.2) is 24.3 Å². The summed E-state index contributed by atoms with van der Waals surface area (Å²) in [6.45, 7) is 0.0115. The van der Waals surface area contributed by atoms with E-state index in [-0.39, 0.29) is 6.61 Å². The van der Waals surface area contributed by atoms with Gasteiger partial charge in [-0.1, -0.05) is 0 Å². The van der Waals surface area contributed by atoms with Crippen LogP contribution in [0, 0.1) is 0 Å². The van der Waals surface area contributed by atoms with Gasteiger partial charge >= 0.3 is 5.97 Å². The maximum atomic E-state index is 11.0. The van der Waals surface area contributed by atoms with Crippen molar-refractivity contribution in [1.29, 1.82) is 0 Å². The molecule has 0 saturated carbocycles. The molecule has 0 unspecified atom stereocenters. The van der Waals surface area contributed by atoms with Crippen molar-refractivity contribution in [1.82, 2.24) is 0 Å². The van der Waals surface area contributed by atoms with Crippen LogP contribution in [0.4, 0.5) is 0 Å². The van der Waals surface area contributed by atoms with Gasteiger partial charge < -0.3 is 9.47 Å². The molecule has 1 aromatic rings. The summed E-state index contributed by atoms with van der Waals surface area (Å²) in [7, 11) is 1.32. The van der Waals surface area contributed by atoms with E-state index >= 15 is 0 Å². The van der Waals surface area contributed by atoms with E-state index in [0.717, 1.165) is 0 Å². The topological polar surface area (TPSA) is 52.6 Å². The minimum atomic E-state index is -0.396. The van der Waals surface area contributed by atoms with Crippen LogP contribution in [0.1, 0.15) is 10.4 Å². The average molecular weight is 194 g/mol. The van der Waals surface area contributed by atoms with Crippen LogP contribution in [0.2, 0.25) is 0 Å². The zero-order chi connectivity index (χ0) is 10.4. The number of aldehydes is 1. The maximum Gasteiger partial charge on any atom is 0.337 e. The first kappa shape index (κ1) is 10.2. The molecule has 0 saturated heterocycles. The fourth-order valence-corrected chi connectivity index (χ4v) is 0.935. The average Bonchev–Trinajstić information content (AvgIpc) is 2.26. The zero-order valence-electron chi connectivity index (χ0n) is 7.73. The lowest BCUT2D eigenvalue weighted by Crippen LogP contribution is -2.01. The van der Waals surface area contributed by atoms with Crippen LogP contribution >= 0.6 is 0 Å². The predicted molar refractivity (Wildman–Crippen MR) is 49.3 cm³/mol. The fraction of sp³-hybridized carbons (Fsp3) is 0.200. The van der Waals surface area contributed by atoms with Crippen LogP contribution < -0.4 is 4.74 Å². The summed E-state index contributed by atoms with van der Waals surface area (Å²) in [5, 5.41) is 0. The van der Waals surface area contributed by atoms with E-state index in [2.05, 4.69) is 4.74 Å². The quantitative estimate of drug-likeness (QED) is 0.531. The second-order valence-corrected chi connectivity index (χ2v) is 2.49. The van der Waals surface area contributed by atoms with Crippen molar-refractivity contribution in [2.24, 2.45) is 0 Å². The number of methoxy groups -OCH3 is 1. The Labute approximate surface area is 81.4 Å². The van der Waals surface area contributed by atoms with Gasteiger partial charge in [-0.25, -0.2) is 4.79 Å². The fourth-order valence-electron chi connectivity index (χ4n) is 0.935. The Morgan fingerprint density at radius 1 is 1.36 bits per heavy atom. The van der Waals surface area contributed by atoms with E-state index in [9.17, 15) is 9.59 Å². The first-order valence-corrected chi connectivity index (χ1v) is 4.02. The molecule has 0 aromatic heterocycles. The number of hydrogen-bond acceptors (Lipinski definition) is 4. The highest BCUT2D eigenvalue weighted by Gasteiger charge is 2.03. The van der Waals surface area contributed by atoms with Crippen LogP contribution in [0.3, 0.4) is 0 Å². The summed E-state index contributed by atoms with van der Waals surface area (Å²) < 4.78 is 9.52. The molecule has 0 spiro atoms. The summed E-state index contributed by atoms with van der Waals surface area (Å²) in [4.78, 5) is 21.0. The monoisotopic (exact) mass is 194 g/mol. The van der Waals surface area contributed by atoms with Crippen LogP contribution in [-0.4, -0.2) is 26.0 Å². The molecule has 4 heteroatoms. The molecule has 1 aromatic carbocycles. The van der Waals surface area contributed by atoms with Crippen molar-refractivity contribution in [3.05, 3.63) is 29.8 Å². The van der Waals surface area contributed by atoms with E-state index in [1.54, 1.807) is 24.3 Å². The highest BCUT2D eigenvalue weighted by Crippen LogP contribution is 2.12. The number of hydrogen-bond donors (Lipinski definition) is 0. The van der Waals surface area contributed by atoms with E-state index < -0.39 is 5.97 Å². The highest BCUT2D eigenvalue weighted by molar-refractivity contribution is 5.89. The van der Waals surface area contributed by atoms with Gasteiger partial charge in [0.2, 0.25) is 0 Å². The number of carbonyl (C=O) groups excluding carboxylic acids is 2. The number of carbonyl (C=O) groups is 2. The molecular weight excluding hydrogens is 184 g/mol. The van der Waals surface area contributed by atoms with Crippen molar-refractivity contribution in [3.63, 3.8) is 0 Å². The lowest BCUT2D eigenvalue weighted by Gasteiger charge is -2.02. The molecule has 0 atom stereocenters. The maximum absolute atomic E-state index is 11.0. The SMILES string of the molecule is COC(=O)c1ccc(OCC=O)cc1. The Balaban J connectivity index is 2.68. The Kier molecular flexibility index (Phi) is 3.67. The summed E-state index contributed by atoms with van der Waals surface area (Å²) >= 11 is 0. The number of esters is 1. The second-order valence-electron chi connectivity index (χ2n) is 2.49. The Morgan fingerprint density at radius 3 is 2.50 bits per heavy atom. The summed E-state index contributed by atoms with van der Waals surface area (Å²) in [5.74, 6) is 0.150. The van der Waals surface area contributed by atoms with Gasteiger partial charge in [0, 0.05) is 0 Å². The normalized spacial score (nSPS) is 9.21. The van der Waals surface area contributed by atoms with E-state index in [1.807, 2.05) is 0 Å². The molecule has 0 amide bonds. The van der Waals surface area contributed by atoms with Gasteiger partial charge in [-0.15, -0.1) is 0 Å². The second kappa shape index (κ2) is 5.01. The molecule has 0 aliphatic rings. The minimum Gasteiger partial charge on any atom is -0.486 e. The molecule has 0 aliphatic carbocycles. The standard InChI is InChI=1S/C10H10O4/c1-13-10(12)8-2-4-9(5-3-8)14-7-6-11/h2-6H,7H2,1H3. The number of benzene rings is 1. The van der Waals surface area contributed by atoms with Gasteiger partial charge in [0.25, 0.3) is 0 Å². The van der Waals surface area contributed by atoms with Gasteiger partial charge in [0.05, 0.1) is 12.7 Å². The lowest BCUT2D eigenvalue weighted by atomic mass is 10.2. The summed E-state index contributed by atoms with van der Waals surface area (Å²) in [6.07, 6.45) is 0.661. The van der Waals surface area contributed by atoms with Crippen molar-refractivity contribution >= 4 is 12.3 Å². The van der Waals surface area contributed by atoms with Crippen LogP contribution in [0.25, 0.3) is 0 Å². The lowest BCUT2D eigenvalue weighted by molar-refractivity contribution is -0.109. The van der Waals surface area contributed by atoms with Gasteiger partial charge in [0.1, 0.15) is 12.4 Å². The number of rotatable bonds is 4. The number of ether oxygens (including phenoxy) is 2. The third-order valence-electron chi connectivity index (χ3n) is 1.59. The first-order chi connectivity index (χ1) is 6.77. The van der Waals surface area contributed by atoms with Gasteiger partial charge in [-0.2, -0.15) is 0 Å². The van der Waals surface area contributed by atoms with E-state index in [1.165, 1.54) is 7.11 Å². The third-order valence-corrected chi connectivity index (χ3v) is 1.59. The summed E-state index contributed by atoms with van der Waals surface area (Å²) in [5.41, 5.74) is 0.450. The minimum absolute atomic E-state index is 0.0115. The smallest absolute Gasteiger partial charge is 0.337 e. The molecule has 4 nitrogen and oxygen atoms in total. The third kappa shape index (κ3) is 2.58.